The van der Waals surface area contributed by atoms with Crippen LogP contribution in [0.25, 0.3) is 0 Å². The fourth-order valence-electron chi connectivity index (χ4n) is 2.55. The molecule has 0 aromatic heterocycles. The Morgan fingerprint density at radius 2 is 1.37 bits per heavy atom. The van der Waals surface area contributed by atoms with Crippen molar-refractivity contribution in [2.75, 3.05) is 0 Å². The van der Waals surface area contributed by atoms with Gasteiger partial charge in [-0.25, -0.2) is 0 Å². The van der Waals surface area contributed by atoms with Gasteiger partial charge in [-0.3, -0.25) is 0 Å². The van der Waals surface area contributed by atoms with E-state index in [1.807, 2.05) is 0 Å². The van der Waals surface area contributed by atoms with Gasteiger partial charge in [0, 0.05) is 0 Å². The van der Waals surface area contributed by atoms with E-state index >= 15 is 0 Å². The summed E-state index contributed by atoms with van der Waals surface area (Å²) >= 11 is 2.22. The van der Waals surface area contributed by atoms with Gasteiger partial charge in [-0.1, -0.05) is 79.3 Å². The van der Waals surface area contributed by atoms with E-state index in [0.29, 0.717) is 10.3 Å². The van der Waals surface area contributed by atoms with Crippen LogP contribution in [0.5, 0.6) is 0 Å². The molecule has 0 spiro atoms. The van der Waals surface area contributed by atoms with Crippen LogP contribution in [0.2, 0.25) is 0 Å². The molecule has 0 N–H and O–H groups in total. The van der Waals surface area contributed by atoms with E-state index in [9.17, 15) is 0 Å². The van der Waals surface area contributed by atoms with Crippen molar-refractivity contribution in [3.8, 4) is 0 Å². The number of halogens is 1. The van der Waals surface area contributed by atoms with Crippen LogP contribution in [-0.4, -0.2) is 10.3 Å². The molecule has 114 valence electrons. The Bertz CT molecular complexity index is 350. The van der Waals surface area contributed by atoms with E-state index in [-0.39, 0.29) is 15.3 Å². The van der Waals surface area contributed by atoms with Gasteiger partial charge in [-0.15, -0.1) is 0 Å². The quantitative estimate of drug-likeness (QED) is 0.320. The second kappa shape index (κ2) is 8.79. The standard InChI is InChI=1S/C15H25P.CH3.ClH.Pd/c1-12-9-8-10-13(11-12)16(14(2,3)4)15(5,6)7;;;/h8-11H,1-7H3;1H3;1H;/q;-1;;+2/p-1. The normalized spacial score (nSPS) is 11.5. The van der Waals surface area contributed by atoms with Gasteiger partial charge in [0.25, 0.3) is 0 Å². The third-order valence-corrected chi connectivity index (χ3v) is 6.08. The molecule has 1 aromatic carbocycles. The zero-order valence-electron chi connectivity index (χ0n) is 13.5. The zero-order valence-corrected chi connectivity index (χ0v) is 16.7. The van der Waals surface area contributed by atoms with Gasteiger partial charge in [0.2, 0.25) is 0 Å². The van der Waals surface area contributed by atoms with Crippen molar-refractivity contribution >= 4 is 22.8 Å². The zero-order chi connectivity index (χ0) is 14.6. The molecule has 0 saturated heterocycles. The molecule has 0 atom stereocenters. The number of hydrogen-bond donors (Lipinski definition) is 0. The molecule has 1 rings (SSSR count). The summed E-state index contributed by atoms with van der Waals surface area (Å²) in [4.78, 5) is 0. The van der Waals surface area contributed by atoms with Gasteiger partial charge in [0.1, 0.15) is 0 Å². The summed E-state index contributed by atoms with van der Waals surface area (Å²) in [6.07, 6.45) is 0. The fourth-order valence-corrected chi connectivity index (χ4v) is 6.68. The number of aryl methyl sites for hydroxylation is 1. The van der Waals surface area contributed by atoms with E-state index in [1.54, 1.807) is 0 Å². The minimum atomic E-state index is -0.154. The summed E-state index contributed by atoms with van der Waals surface area (Å²) in [7, 11) is 4.33. The summed E-state index contributed by atoms with van der Waals surface area (Å²) in [5, 5.41) is 2.26. The maximum atomic E-state index is 4.49. The molecule has 0 aliphatic heterocycles. The molecule has 0 amide bonds. The molecular weight excluding hydrogens is 365 g/mol. The molecule has 19 heavy (non-hydrogen) atoms. The Labute approximate surface area is 136 Å². The van der Waals surface area contributed by atoms with Gasteiger partial charge in [0.05, 0.1) is 0 Å². The third-order valence-electron chi connectivity index (χ3n) is 2.60. The molecule has 0 radical (unpaired) electrons. The van der Waals surface area contributed by atoms with Crippen LogP contribution in [0, 0.1) is 14.4 Å². The number of rotatable bonds is 1. The van der Waals surface area contributed by atoms with Crippen LogP contribution < -0.4 is 5.30 Å². The minimum absolute atomic E-state index is 0. The van der Waals surface area contributed by atoms with E-state index in [4.69, 9.17) is 0 Å². The van der Waals surface area contributed by atoms with Gasteiger partial charge in [-0.2, -0.15) is 0 Å². The first kappa shape index (κ1) is 21.9. The Morgan fingerprint density at radius 1 is 0.947 bits per heavy atom. The van der Waals surface area contributed by atoms with Crippen molar-refractivity contribution in [2.45, 2.75) is 58.8 Å². The Hall–Kier alpha value is 0.602. The number of benzene rings is 1. The van der Waals surface area contributed by atoms with Crippen LogP contribution >= 0.6 is 17.5 Å². The summed E-state index contributed by atoms with van der Waals surface area (Å²) in [5.74, 6) is 0. The molecule has 0 heterocycles. The van der Waals surface area contributed by atoms with Crippen molar-refractivity contribution in [1.82, 2.24) is 0 Å². The van der Waals surface area contributed by atoms with E-state index in [1.165, 1.54) is 10.9 Å². The summed E-state index contributed by atoms with van der Waals surface area (Å²) in [6, 6.07) is 9.04. The molecule has 0 nitrogen and oxygen atoms in total. The Balaban J connectivity index is 0. The molecule has 0 bridgehead atoms. The van der Waals surface area contributed by atoms with Crippen molar-refractivity contribution in [3.05, 3.63) is 37.3 Å². The van der Waals surface area contributed by atoms with E-state index in [0.717, 1.165) is 0 Å². The molecule has 0 fully saturated rings. The first-order valence-corrected chi connectivity index (χ1v) is 9.46. The van der Waals surface area contributed by atoms with Gasteiger partial charge in [-0.05, 0) is 22.5 Å². The van der Waals surface area contributed by atoms with Gasteiger partial charge < -0.3 is 7.43 Å². The monoisotopic (exact) mass is 392 g/mol. The topological polar surface area (TPSA) is 0 Å². The van der Waals surface area contributed by atoms with Gasteiger partial charge >= 0.3 is 27.7 Å². The molecular formula is C16H28ClPPd. The molecule has 0 aliphatic carbocycles. The molecule has 0 aliphatic rings. The van der Waals surface area contributed by atoms with Crippen molar-refractivity contribution in [3.63, 3.8) is 0 Å². The van der Waals surface area contributed by atoms with Crippen LogP contribution in [-0.2, 0) is 18.2 Å². The van der Waals surface area contributed by atoms with Crippen LogP contribution in [0.15, 0.2) is 24.3 Å². The SMILES string of the molecule is Cc1cccc(P(C(C)(C)C)C(C)(C)C)c1.[CH3-].[Cl][Pd+]. The fraction of sp³-hybridized carbons (Fsp3) is 0.562. The average Bonchev–Trinajstić information content (AvgIpc) is 2.16. The van der Waals surface area contributed by atoms with E-state index in [2.05, 4.69) is 100 Å². The third kappa shape index (κ3) is 7.25. The van der Waals surface area contributed by atoms with Crippen LogP contribution in [0.3, 0.4) is 0 Å². The summed E-state index contributed by atoms with van der Waals surface area (Å²) in [5.41, 5.74) is 1.37. The predicted octanol–water partition coefficient (Wildman–Crippen LogP) is 5.84. The first-order chi connectivity index (χ1) is 8.12. The van der Waals surface area contributed by atoms with Gasteiger partial charge in [0.15, 0.2) is 0 Å². The Kier molecular flexibility index (Phi) is 10.1. The van der Waals surface area contributed by atoms with Crippen molar-refractivity contribution < 1.29 is 18.2 Å². The summed E-state index contributed by atoms with van der Waals surface area (Å²) < 4.78 is 0. The maximum absolute atomic E-state index is 4.49. The Morgan fingerprint density at radius 3 is 1.68 bits per heavy atom. The molecule has 3 heteroatoms. The molecule has 0 saturated carbocycles. The van der Waals surface area contributed by atoms with E-state index < -0.39 is 0 Å². The predicted molar refractivity (Wildman–Crippen MR) is 89.5 cm³/mol. The first-order valence-electron chi connectivity index (χ1n) is 6.11. The second-order valence-electron chi connectivity index (χ2n) is 6.52. The average molecular weight is 393 g/mol. The van der Waals surface area contributed by atoms with Crippen molar-refractivity contribution in [1.29, 1.82) is 0 Å². The van der Waals surface area contributed by atoms with Crippen molar-refractivity contribution in [2.24, 2.45) is 0 Å². The van der Waals surface area contributed by atoms with Crippen LogP contribution in [0.1, 0.15) is 47.1 Å². The molecule has 1 aromatic rings. The number of hydrogen-bond acceptors (Lipinski definition) is 0. The van der Waals surface area contributed by atoms with Crippen LogP contribution in [0.4, 0.5) is 0 Å². The molecule has 0 unspecified atom stereocenters. The second-order valence-corrected chi connectivity index (χ2v) is 10.4. The summed E-state index contributed by atoms with van der Waals surface area (Å²) in [6.45, 7) is 16.4.